The third kappa shape index (κ3) is 6.70. The van der Waals surface area contributed by atoms with Gasteiger partial charge in [0.15, 0.2) is 5.96 Å². The molecule has 29 heavy (non-hydrogen) atoms. The summed E-state index contributed by atoms with van der Waals surface area (Å²) in [6.07, 6.45) is -3.06. The van der Waals surface area contributed by atoms with Crippen molar-refractivity contribution >= 4 is 41.3 Å². The van der Waals surface area contributed by atoms with Crippen molar-refractivity contribution < 1.29 is 13.2 Å². The highest BCUT2D eigenvalue weighted by molar-refractivity contribution is 14.0. The summed E-state index contributed by atoms with van der Waals surface area (Å²) in [5, 5.41) is 5.46. The average Bonchev–Trinajstić information content (AvgIpc) is 3.14. The number of halogens is 4. The largest absolute Gasteiger partial charge is 0.403 e. The fourth-order valence-electron chi connectivity index (χ4n) is 3.75. The number of piperazine rings is 1. The minimum absolute atomic E-state index is 0. The molecule has 1 aromatic rings. The van der Waals surface area contributed by atoms with Crippen molar-refractivity contribution in [1.29, 1.82) is 0 Å². The van der Waals surface area contributed by atoms with Crippen LogP contribution < -0.4 is 5.32 Å². The Morgan fingerprint density at radius 1 is 1.24 bits per heavy atom. The van der Waals surface area contributed by atoms with E-state index < -0.39 is 12.2 Å². The summed E-state index contributed by atoms with van der Waals surface area (Å²) in [5.74, 6) is 0.815. The van der Waals surface area contributed by atoms with Gasteiger partial charge in [0, 0.05) is 57.2 Å². The van der Waals surface area contributed by atoms with Gasteiger partial charge in [0.05, 0.1) is 6.54 Å². The van der Waals surface area contributed by atoms with E-state index >= 15 is 0 Å². The minimum Gasteiger partial charge on any atom is -0.357 e. The zero-order chi connectivity index (χ0) is 20.1. The second kappa shape index (κ2) is 11.1. The lowest BCUT2D eigenvalue weighted by atomic mass is 10.1. The molecular weight excluding hydrogens is 514 g/mol. The van der Waals surface area contributed by atoms with Crippen LogP contribution in [0.3, 0.4) is 0 Å². The number of hydrogen-bond acceptors (Lipinski definition) is 4. The topological polar surface area (TPSA) is 34.1 Å². The quantitative estimate of drug-likeness (QED) is 0.350. The number of guanidine groups is 1. The molecule has 1 N–H and O–H groups in total. The minimum atomic E-state index is -4.17. The number of nitrogens with zero attached hydrogens (tertiary/aromatic N) is 4. The lowest BCUT2D eigenvalue weighted by Crippen LogP contribution is -2.56. The van der Waals surface area contributed by atoms with Crippen molar-refractivity contribution in [3.63, 3.8) is 0 Å². The molecular formula is C19H31F3IN5S. The molecule has 0 bridgehead atoms. The zero-order valence-electron chi connectivity index (χ0n) is 17.0. The summed E-state index contributed by atoms with van der Waals surface area (Å²) in [5.41, 5.74) is 1.43. The average molecular weight is 545 g/mol. The first-order chi connectivity index (χ1) is 13.4. The molecule has 0 aromatic carbocycles. The van der Waals surface area contributed by atoms with Gasteiger partial charge in [0.25, 0.3) is 0 Å². The Bertz CT molecular complexity index is 659. The Hall–Kier alpha value is -0.590. The molecule has 10 heteroatoms. The fraction of sp³-hybridized carbons (Fsp3) is 0.737. The predicted molar refractivity (Wildman–Crippen MR) is 123 cm³/mol. The van der Waals surface area contributed by atoms with Crippen LogP contribution in [0.4, 0.5) is 13.2 Å². The van der Waals surface area contributed by atoms with E-state index in [1.54, 1.807) is 0 Å². The number of fused-ring (bicyclic) bond motifs is 1. The molecule has 1 saturated heterocycles. The third-order valence-corrected chi connectivity index (χ3v) is 6.56. The molecule has 3 heterocycles. The molecule has 1 fully saturated rings. The molecule has 0 saturated carbocycles. The van der Waals surface area contributed by atoms with Gasteiger partial charge in [-0.25, -0.2) is 0 Å². The smallest absolute Gasteiger partial charge is 0.357 e. The van der Waals surface area contributed by atoms with Gasteiger partial charge >= 0.3 is 6.18 Å². The van der Waals surface area contributed by atoms with Crippen LogP contribution in [-0.4, -0.2) is 85.2 Å². The van der Waals surface area contributed by atoms with E-state index in [2.05, 4.69) is 26.6 Å². The molecule has 1 aromatic heterocycles. The maximum atomic E-state index is 12.9. The Balaban J connectivity index is 0.00000300. The van der Waals surface area contributed by atoms with Crippen LogP contribution in [0.5, 0.6) is 0 Å². The van der Waals surface area contributed by atoms with Gasteiger partial charge < -0.3 is 10.2 Å². The summed E-state index contributed by atoms with van der Waals surface area (Å²) in [6.45, 7) is 9.58. The van der Waals surface area contributed by atoms with Gasteiger partial charge in [-0.2, -0.15) is 13.2 Å². The Labute approximate surface area is 192 Å². The standard InChI is InChI=1S/C19H30F3N5S.HI/c1-3-23-18(27-11-9-26(10-12-27)15(2)19(20,21)22)24-6-8-25-7-4-17-16(14-25)5-13-28-17;/h5,13,15H,3-4,6-12,14H2,1-2H3,(H,23,24);1H. The molecule has 0 radical (unpaired) electrons. The summed E-state index contributed by atoms with van der Waals surface area (Å²) in [7, 11) is 0. The van der Waals surface area contributed by atoms with Crippen molar-refractivity contribution in [2.24, 2.45) is 4.99 Å². The number of alkyl halides is 3. The van der Waals surface area contributed by atoms with Gasteiger partial charge in [-0.3, -0.25) is 14.8 Å². The van der Waals surface area contributed by atoms with E-state index in [-0.39, 0.29) is 24.0 Å². The van der Waals surface area contributed by atoms with E-state index in [0.717, 1.165) is 38.6 Å². The Morgan fingerprint density at radius 2 is 1.97 bits per heavy atom. The van der Waals surface area contributed by atoms with Gasteiger partial charge in [-0.05, 0) is 37.3 Å². The van der Waals surface area contributed by atoms with Crippen LogP contribution >= 0.6 is 35.3 Å². The van der Waals surface area contributed by atoms with Crippen LogP contribution in [-0.2, 0) is 13.0 Å². The van der Waals surface area contributed by atoms with E-state index in [0.29, 0.717) is 32.7 Å². The van der Waals surface area contributed by atoms with Crippen molar-refractivity contribution in [3.05, 3.63) is 21.9 Å². The first-order valence-electron chi connectivity index (χ1n) is 10.00. The SMILES string of the molecule is CCNC(=NCCN1CCc2sccc2C1)N1CCN(C(C)C(F)(F)F)CC1.I. The summed E-state index contributed by atoms with van der Waals surface area (Å²) in [4.78, 5) is 12.3. The number of rotatable bonds is 5. The van der Waals surface area contributed by atoms with E-state index in [9.17, 15) is 13.2 Å². The Morgan fingerprint density at radius 3 is 2.62 bits per heavy atom. The highest BCUT2D eigenvalue weighted by atomic mass is 127. The summed E-state index contributed by atoms with van der Waals surface area (Å²) < 4.78 is 38.8. The molecule has 2 aliphatic rings. The number of aliphatic imine (C=N–C) groups is 1. The number of thiophene rings is 1. The first-order valence-corrected chi connectivity index (χ1v) is 10.9. The molecule has 1 unspecified atom stereocenters. The lowest BCUT2D eigenvalue weighted by molar-refractivity contribution is -0.181. The number of nitrogens with one attached hydrogen (secondary N) is 1. The number of hydrogen-bond donors (Lipinski definition) is 1. The van der Waals surface area contributed by atoms with Gasteiger partial charge in [0.2, 0.25) is 0 Å². The molecule has 0 amide bonds. The van der Waals surface area contributed by atoms with Crippen molar-refractivity contribution in [3.8, 4) is 0 Å². The Kier molecular flexibility index (Phi) is 9.49. The monoisotopic (exact) mass is 545 g/mol. The van der Waals surface area contributed by atoms with Gasteiger partial charge in [-0.15, -0.1) is 35.3 Å². The lowest BCUT2D eigenvalue weighted by Gasteiger charge is -2.39. The molecule has 2 aliphatic heterocycles. The van der Waals surface area contributed by atoms with Crippen LogP contribution in [0.2, 0.25) is 0 Å². The molecule has 0 spiro atoms. The molecule has 3 rings (SSSR count). The maximum absolute atomic E-state index is 12.9. The van der Waals surface area contributed by atoms with Crippen molar-refractivity contribution in [1.82, 2.24) is 20.0 Å². The van der Waals surface area contributed by atoms with E-state index in [1.165, 1.54) is 22.3 Å². The highest BCUT2D eigenvalue weighted by Gasteiger charge is 2.41. The van der Waals surface area contributed by atoms with E-state index in [1.807, 2.05) is 18.3 Å². The first kappa shape index (κ1) is 24.7. The molecule has 0 aliphatic carbocycles. The molecule has 1 atom stereocenters. The maximum Gasteiger partial charge on any atom is 0.403 e. The van der Waals surface area contributed by atoms with Crippen molar-refractivity contribution in [2.45, 2.75) is 39.0 Å². The van der Waals surface area contributed by atoms with Gasteiger partial charge in [-0.1, -0.05) is 0 Å². The van der Waals surface area contributed by atoms with Gasteiger partial charge in [0.1, 0.15) is 6.04 Å². The van der Waals surface area contributed by atoms with Crippen LogP contribution in [0.25, 0.3) is 0 Å². The van der Waals surface area contributed by atoms with Crippen molar-refractivity contribution in [2.75, 3.05) is 52.4 Å². The normalized spacial score (nSPS) is 20.2. The fourth-order valence-corrected chi connectivity index (χ4v) is 4.64. The summed E-state index contributed by atoms with van der Waals surface area (Å²) >= 11 is 1.84. The second-order valence-electron chi connectivity index (χ2n) is 7.37. The molecule has 5 nitrogen and oxygen atoms in total. The van der Waals surface area contributed by atoms with Crippen LogP contribution in [0, 0.1) is 0 Å². The molecule has 166 valence electrons. The third-order valence-electron chi connectivity index (χ3n) is 5.53. The van der Waals surface area contributed by atoms with Crippen LogP contribution in [0.15, 0.2) is 16.4 Å². The van der Waals surface area contributed by atoms with Crippen LogP contribution in [0.1, 0.15) is 24.3 Å². The highest BCUT2D eigenvalue weighted by Crippen LogP contribution is 2.25. The summed E-state index contributed by atoms with van der Waals surface area (Å²) in [6, 6.07) is 0.816. The predicted octanol–water partition coefficient (Wildman–Crippen LogP) is 3.26. The van der Waals surface area contributed by atoms with E-state index in [4.69, 9.17) is 4.99 Å². The second-order valence-corrected chi connectivity index (χ2v) is 8.37. The zero-order valence-corrected chi connectivity index (χ0v) is 20.2.